The van der Waals surface area contributed by atoms with Crippen molar-refractivity contribution < 1.29 is 9.13 Å². The highest BCUT2D eigenvalue weighted by Crippen LogP contribution is 2.27. The third-order valence-corrected chi connectivity index (χ3v) is 2.82. The van der Waals surface area contributed by atoms with Crippen LogP contribution in [0.2, 0.25) is 0 Å². The molecule has 1 aromatic carbocycles. The molecule has 0 saturated heterocycles. The summed E-state index contributed by atoms with van der Waals surface area (Å²) in [6.45, 7) is 3.63. The Hall–Kier alpha value is -1.15. The summed E-state index contributed by atoms with van der Waals surface area (Å²) in [5.74, 6) is -0.176. The van der Waals surface area contributed by atoms with Gasteiger partial charge in [-0.05, 0) is 41.7 Å². The monoisotopic (exact) mass is 206 g/mol. The van der Waals surface area contributed by atoms with Crippen LogP contribution in [0.5, 0.6) is 0 Å². The van der Waals surface area contributed by atoms with E-state index in [4.69, 9.17) is 4.74 Å². The van der Waals surface area contributed by atoms with Gasteiger partial charge in [-0.3, -0.25) is 0 Å². The van der Waals surface area contributed by atoms with Gasteiger partial charge in [0.25, 0.3) is 0 Å². The Labute approximate surface area is 89.6 Å². The molecular weight excluding hydrogens is 191 g/mol. The van der Waals surface area contributed by atoms with E-state index in [2.05, 4.69) is 6.92 Å². The molecule has 0 radical (unpaired) electrons. The highest BCUT2D eigenvalue weighted by Gasteiger charge is 2.13. The molecule has 0 N–H and O–H groups in total. The summed E-state index contributed by atoms with van der Waals surface area (Å²) in [6, 6.07) is 6.74. The molecule has 15 heavy (non-hydrogen) atoms. The van der Waals surface area contributed by atoms with Crippen LogP contribution >= 0.6 is 0 Å². The molecule has 0 saturated carbocycles. The van der Waals surface area contributed by atoms with Crippen LogP contribution in [0.15, 0.2) is 29.8 Å². The van der Waals surface area contributed by atoms with Gasteiger partial charge in [0.1, 0.15) is 5.82 Å². The zero-order valence-corrected chi connectivity index (χ0v) is 8.92. The van der Waals surface area contributed by atoms with Crippen molar-refractivity contribution >= 4 is 5.57 Å². The normalized spacial score (nSPS) is 16.9. The molecule has 1 nitrogen and oxygen atoms in total. The number of hydrogen-bond acceptors (Lipinski definition) is 1. The van der Waals surface area contributed by atoms with Gasteiger partial charge < -0.3 is 4.74 Å². The van der Waals surface area contributed by atoms with Crippen LogP contribution in [0.3, 0.4) is 0 Å². The molecule has 0 fully saturated rings. The Balaban J connectivity index is 2.35. The summed E-state index contributed by atoms with van der Waals surface area (Å²) in [6.07, 6.45) is 1.95. The molecule has 2 rings (SSSR count). The second-order valence-corrected chi connectivity index (χ2v) is 3.75. The molecule has 1 aliphatic heterocycles. The molecule has 0 bridgehead atoms. The van der Waals surface area contributed by atoms with E-state index in [1.807, 2.05) is 12.1 Å². The van der Waals surface area contributed by atoms with Crippen LogP contribution in [0.1, 0.15) is 25.3 Å². The molecule has 0 aromatic heterocycles. The fourth-order valence-corrected chi connectivity index (χ4v) is 1.95. The average Bonchev–Trinajstić information content (AvgIpc) is 2.30. The van der Waals surface area contributed by atoms with E-state index < -0.39 is 0 Å². The quantitative estimate of drug-likeness (QED) is 0.720. The fraction of sp³-hybridized carbons (Fsp3) is 0.385. The van der Waals surface area contributed by atoms with Crippen molar-refractivity contribution in [2.75, 3.05) is 13.2 Å². The minimum atomic E-state index is -0.176. The Morgan fingerprint density at radius 1 is 1.27 bits per heavy atom. The van der Waals surface area contributed by atoms with Gasteiger partial charge in [-0.25, -0.2) is 4.39 Å². The van der Waals surface area contributed by atoms with E-state index in [9.17, 15) is 4.39 Å². The fourth-order valence-electron chi connectivity index (χ4n) is 1.95. The first kappa shape index (κ1) is 10.4. The third-order valence-electron chi connectivity index (χ3n) is 2.82. The molecule has 0 unspecified atom stereocenters. The van der Waals surface area contributed by atoms with E-state index in [1.54, 1.807) is 0 Å². The second-order valence-electron chi connectivity index (χ2n) is 3.75. The third kappa shape index (κ3) is 2.26. The molecule has 2 heteroatoms. The lowest BCUT2D eigenvalue weighted by Crippen LogP contribution is -2.10. The van der Waals surface area contributed by atoms with E-state index in [1.165, 1.54) is 23.3 Å². The van der Waals surface area contributed by atoms with Crippen LogP contribution in [0.25, 0.3) is 5.57 Å². The van der Waals surface area contributed by atoms with Gasteiger partial charge in [0.2, 0.25) is 0 Å². The van der Waals surface area contributed by atoms with Crippen molar-refractivity contribution in [3.63, 3.8) is 0 Å². The van der Waals surface area contributed by atoms with Gasteiger partial charge in [-0.2, -0.15) is 0 Å². The van der Waals surface area contributed by atoms with Crippen molar-refractivity contribution in [3.05, 3.63) is 41.2 Å². The topological polar surface area (TPSA) is 9.23 Å². The van der Waals surface area contributed by atoms with Crippen molar-refractivity contribution in [2.24, 2.45) is 0 Å². The van der Waals surface area contributed by atoms with Crippen LogP contribution in [-0.4, -0.2) is 13.2 Å². The minimum Gasteiger partial charge on any atom is -0.377 e. The predicted octanol–water partition coefficient (Wildman–Crippen LogP) is 3.41. The molecular formula is C13H15FO. The Morgan fingerprint density at radius 2 is 2.00 bits per heavy atom. The van der Waals surface area contributed by atoms with E-state index in [0.29, 0.717) is 0 Å². The average molecular weight is 206 g/mol. The Bertz CT molecular complexity index is 365. The van der Waals surface area contributed by atoms with Crippen LogP contribution in [0.4, 0.5) is 4.39 Å². The maximum absolute atomic E-state index is 12.8. The van der Waals surface area contributed by atoms with Gasteiger partial charge >= 0.3 is 0 Å². The maximum Gasteiger partial charge on any atom is 0.123 e. The van der Waals surface area contributed by atoms with Crippen LogP contribution in [-0.2, 0) is 4.74 Å². The van der Waals surface area contributed by atoms with Gasteiger partial charge in [0, 0.05) is 0 Å². The zero-order chi connectivity index (χ0) is 10.7. The highest BCUT2D eigenvalue weighted by molar-refractivity contribution is 5.69. The molecule has 0 aliphatic carbocycles. The smallest absolute Gasteiger partial charge is 0.123 e. The molecule has 0 atom stereocenters. The molecule has 0 spiro atoms. The summed E-state index contributed by atoms with van der Waals surface area (Å²) < 4.78 is 18.2. The zero-order valence-electron chi connectivity index (χ0n) is 8.92. The first-order valence-corrected chi connectivity index (χ1v) is 5.36. The summed E-state index contributed by atoms with van der Waals surface area (Å²) in [5.41, 5.74) is 3.81. The van der Waals surface area contributed by atoms with Crippen molar-refractivity contribution in [1.82, 2.24) is 0 Å². The minimum absolute atomic E-state index is 0.176. The molecule has 1 aromatic rings. The predicted molar refractivity (Wildman–Crippen MR) is 59.0 cm³/mol. The number of hydrogen-bond donors (Lipinski definition) is 0. The van der Waals surface area contributed by atoms with Gasteiger partial charge in [-0.1, -0.05) is 19.1 Å². The van der Waals surface area contributed by atoms with Crippen molar-refractivity contribution in [3.8, 4) is 0 Å². The van der Waals surface area contributed by atoms with Crippen LogP contribution < -0.4 is 0 Å². The SMILES string of the molecule is CCC1=C(c2ccc(F)cc2)CCOC1. The Kier molecular flexibility index (Phi) is 3.17. The lowest BCUT2D eigenvalue weighted by atomic mass is 9.95. The Morgan fingerprint density at radius 3 is 2.67 bits per heavy atom. The summed E-state index contributed by atoms with van der Waals surface area (Å²) in [5, 5.41) is 0. The standard InChI is InChI=1S/C13H15FO/c1-2-10-9-15-8-7-13(10)11-3-5-12(14)6-4-11/h3-6H,2,7-9H2,1H3. The van der Waals surface area contributed by atoms with Crippen molar-refractivity contribution in [1.29, 1.82) is 0 Å². The van der Waals surface area contributed by atoms with Crippen molar-refractivity contribution in [2.45, 2.75) is 19.8 Å². The largest absolute Gasteiger partial charge is 0.377 e. The molecule has 1 heterocycles. The maximum atomic E-state index is 12.8. The van der Waals surface area contributed by atoms with Gasteiger partial charge in [0.05, 0.1) is 13.2 Å². The van der Waals surface area contributed by atoms with Gasteiger partial charge in [0.15, 0.2) is 0 Å². The summed E-state index contributed by atoms with van der Waals surface area (Å²) >= 11 is 0. The molecule has 80 valence electrons. The van der Waals surface area contributed by atoms with E-state index in [-0.39, 0.29) is 5.82 Å². The number of benzene rings is 1. The second kappa shape index (κ2) is 4.58. The number of ether oxygens (including phenoxy) is 1. The summed E-state index contributed by atoms with van der Waals surface area (Å²) in [4.78, 5) is 0. The lowest BCUT2D eigenvalue weighted by Gasteiger charge is -2.20. The lowest BCUT2D eigenvalue weighted by molar-refractivity contribution is 0.152. The molecule has 0 amide bonds. The van der Waals surface area contributed by atoms with E-state index >= 15 is 0 Å². The van der Waals surface area contributed by atoms with E-state index in [0.717, 1.165) is 31.6 Å². The van der Waals surface area contributed by atoms with Crippen LogP contribution in [0, 0.1) is 5.82 Å². The molecule has 1 aliphatic rings. The summed E-state index contributed by atoms with van der Waals surface area (Å²) in [7, 11) is 0. The first-order chi connectivity index (χ1) is 7.31. The first-order valence-electron chi connectivity index (χ1n) is 5.36. The van der Waals surface area contributed by atoms with Gasteiger partial charge in [-0.15, -0.1) is 0 Å². The number of rotatable bonds is 2. The number of halogens is 1. The highest BCUT2D eigenvalue weighted by atomic mass is 19.1.